The number of methoxy groups -OCH3 is 2. The van der Waals surface area contributed by atoms with E-state index in [2.05, 4.69) is 31.1 Å². The molecule has 0 aliphatic carbocycles. The Kier molecular flexibility index (Phi) is 7.15. The molecule has 0 saturated carbocycles. The normalized spacial score (nSPS) is 16.7. The molecule has 0 fully saturated rings. The summed E-state index contributed by atoms with van der Waals surface area (Å²) >= 11 is 0. The minimum Gasteiger partial charge on any atom is -0.383 e. The van der Waals surface area contributed by atoms with E-state index in [-0.39, 0.29) is 17.6 Å². The second kappa shape index (κ2) is 7.50. The van der Waals surface area contributed by atoms with Gasteiger partial charge < -0.3 is 20.5 Å². The molecule has 0 aliphatic rings. The molecule has 0 bridgehead atoms. The Morgan fingerprint density at radius 3 is 2.35 bits per heavy atom. The van der Waals surface area contributed by atoms with Crippen LogP contribution in [0.3, 0.4) is 0 Å². The van der Waals surface area contributed by atoms with Crippen molar-refractivity contribution in [2.75, 3.05) is 27.4 Å². The molecule has 102 valence electrons. The standard InChI is InChI=1S/C12H27N3O2/c1-9(8-16-5)15-11(13)14-7-10(17-6)12(2,3)4/h9-10H,7-8H2,1-6H3,(H3,13,14,15). The number of hydrogen-bond donors (Lipinski definition) is 2. The molecule has 0 aromatic heterocycles. The van der Waals surface area contributed by atoms with Gasteiger partial charge in [0, 0.05) is 20.3 Å². The lowest BCUT2D eigenvalue weighted by Crippen LogP contribution is -2.41. The van der Waals surface area contributed by atoms with Gasteiger partial charge in [-0.05, 0) is 12.3 Å². The Morgan fingerprint density at radius 1 is 1.35 bits per heavy atom. The van der Waals surface area contributed by atoms with Crippen LogP contribution in [-0.2, 0) is 9.47 Å². The minimum atomic E-state index is 0.0523. The second-order valence-corrected chi connectivity index (χ2v) is 5.32. The zero-order valence-electron chi connectivity index (χ0n) is 11.9. The number of hydrogen-bond acceptors (Lipinski definition) is 3. The lowest BCUT2D eigenvalue weighted by molar-refractivity contribution is 0.0241. The van der Waals surface area contributed by atoms with Crippen LogP contribution in [0.2, 0.25) is 0 Å². The molecule has 0 aromatic rings. The van der Waals surface area contributed by atoms with E-state index in [1.54, 1.807) is 14.2 Å². The molecule has 5 nitrogen and oxygen atoms in total. The second-order valence-electron chi connectivity index (χ2n) is 5.32. The molecule has 0 radical (unpaired) electrons. The maximum Gasteiger partial charge on any atom is 0.188 e. The first-order valence-corrected chi connectivity index (χ1v) is 5.89. The van der Waals surface area contributed by atoms with Crippen LogP contribution < -0.4 is 11.1 Å². The summed E-state index contributed by atoms with van der Waals surface area (Å²) in [6, 6.07) is 0.152. The number of nitrogens with two attached hydrogens (primary N) is 1. The van der Waals surface area contributed by atoms with Gasteiger partial charge in [0.25, 0.3) is 0 Å². The molecule has 0 rings (SSSR count). The van der Waals surface area contributed by atoms with E-state index in [9.17, 15) is 0 Å². The molecule has 2 atom stereocenters. The number of guanidine groups is 1. The Balaban J connectivity index is 4.21. The van der Waals surface area contributed by atoms with Crippen LogP contribution in [0.5, 0.6) is 0 Å². The minimum absolute atomic E-state index is 0.0523. The third kappa shape index (κ3) is 7.18. The lowest BCUT2D eigenvalue weighted by Gasteiger charge is -2.28. The lowest BCUT2D eigenvalue weighted by atomic mass is 9.89. The van der Waals surface area contributed by atoms with Crippen LogP contribution in [0.15, 0.2) is 4.99 Å². The highest BCUT2D eigenvalue weighted by molar-refractivity contribution is 5.78. The smallest absolute Gasteiger partial charge is 0.188 e. The predicted octanol–water partition coefficient (Wildman–Crippen LogP) is 0.987. The first-order chi connectivity index (χ1) is 7.81. The number of nitrogens with one attached hydrogen (secondary N) is 1. The summed E-state index contributed by atoms with van der Waals surface area (Å²) in [5.41, 5.74) is 5.83. The van der Waals surface area contributed by atoms with Crippen molar-refractivity contribution in [3.8, 4) is 0 Å². The van der Waals surface area contributed by atoms with Crippen LogP contribution >= 0.6 is 0 Å². The first-order valence-electron chi connectivity index (χ1n) is 5.89. The van der Waals surface area contributed by atoms with E-state index in [1.807, 2.05) is 6.92 Å². The van der Waals surface area contributed by atoms with E-state index >= 15 is 0 Å². The zero-order valence-corrected chi connectivity index (χ0v) is 11.9. The number of rotatable bonds is 6. The quantitative estimate of drug-likeness (QED) is 0.541. The SMILES string of the molecule is COCC(C)NC(N)=NCC(OC)C(C)(C)C. The van der Waals surface area contributed by atoms with Gasteiger partial charge in [-0.3, -0.25) is 4.99 Å². The van der Waals surface area contributed by atoms with Gasteiger partial charge in [0.05, 0.1) is 19.3 Å². The molecule has 0 aliphatic heterocycles. The summed E-state index contributed by atoms with van der Waals surface area (Å²) in [6.07, 6.45) is 0.0561. The summed E-state index contributed by atoms with van der Waals surface area (Å²) < 4.78 is 10.4. The van der Waals surface area contributed by atoms with E-state index in [0.717, 1.165) is 0 Å². The van der Waals surface area contributed by atoms with Crippen LogP contribution in [0, 0.1) is 5.41 Å². The molecular formula is C12H27N3O2. The van der Waals surface area contributed by atoms with Crippen molar-refractivity contribution >= 4 is 5.96 Å². The number of aliphatic imine (C=N–C) groups is 1. The average Bonchev–Trinajstić information content (AvgIpc) is 2.16. The molecule has 17 heavy (non-hydrogen) atoms. The fourth-order valence-corrected chi connectivity index (χ4v) is 1.47. The van der Waals surface area contributed by atoms with Gasteiger partial charge in [-0.1, -0.05) is 20.8 Å². The molecule has 0 saturated heterocycles. The molecular weight excluding hydrogens is 218 g/mol. The van der Waals surface area contributed by atoms with Crippen LogP contribution in [-0.4, -0.2) is 45.5 Å². The van der Waals surface area contributed by atoms with Gasteiger partial charge in [-0.15, -0.1) is 0 Å². The summed E-state index contributed by atoms with van der Waals surface area (Å²) in [5, 5.41) is 3.06. The van der Waals surface area contributed by atoms with E-state index in [1.165, 1.54) is 0 Å². The molecule has 5 heteroatoms. The van der Waals surface area contributed by atoms with Crippen LogP contribution in [0.4, 0.5) is 0 Å². The summed E-state index contributed by atoms with van der Waals surface area (Å²) in [6.45, 7) is 9.50. The molecule has 2 unspecified atom stereocenters. The molecule has 0 amide bonds. The Morgan fingerprint density at radius 2 is 1.94 bits per heavy atom. The summed E-state index contributed by atoms with van der Waals surface area (Å²) in [5.74, 6) is 0.431. The number of ether oxygens (including phenoxy) is 2. The molecule has 3 N–H and O–H groups in total. The van der Waals surface area contributed by atoms with Crippen molar-refractivity contribution < 1.29 is 9.47 Å². The van der Waals surface area contributed by atoms with Crippen LogP contribution in [0.1, 0.15) is 27.7 Å². The van der Waals surface area contributed by atoms with Crippen molar-refractivity contribution in [1.29, 1.82) is 0 Å². The van der Waals surface area contributed by atoms with E-state index in [0.29, 0.717) is 19.1 Å². The third-order valence-electron chi connectivity index (χ3n) is 2.49. The maximum absolute atomic E-state index is 5.78. The van der Waals surface area contributed by atoms with Gasteiger partial charge in [-0.25, -0.2) is 0 Å². The zero-order chi connectivity index (χ0) is 13.5. The monoisotopic (exact) mass is 245 g/mol. The largest absolute Gasteiger partial charge is 0.383 e. The average molecular weight is 245 g/mol. The fourth-order valence-electron chi connectivity index (χ4n) is 1.47. The topological polar surface area (TPSA) is 68.9 Å². The van der Waals surface area contributed by atoms with Crippen LogP contribution in [0.25, 0.3) is 0 Å². The van der Waals surface area contributed by atoms with Crippen molar-refractivity contribution in [1.82, 2.24) is 5.32 Å². The van der Waals surface area contributed by atoms with Crippen molar-refractivity contribution in [3.05, 3.63) is 0 Å². The highest BCUT2D eigenvalue weighted by Gasteiger charge is 2.23. The van der Waals surface area contributed by atoms with E-state index < -0.39 is 0 Å². The Bertz CT molecular complexity index is 236. The first kappa shape index (κ1) is 16.2. The Hall–Kier alpha value is -0.810. The van der Waals surface area contributed by atoms with Crippen molar-refractivity contribution in [3.63, 3.8) is 0 Å². The highest BCUT2D eigenvalue weighted by Crippen LogP contribution is 2.21. The Labute approximate surface area is 105 Å². The fraction of sp³-hybridized carbons (Fsp3) is 0.917. The van der Waals surface area contributed by atoms with Gasteiger partial charge >= 0.3 is 0 Å². The molecule has 0 heterocycles. The van der Waals surface area contributed by atoms with Gasteiger partial charge in [-0.2, -0.15) is 0 Å². The van der Waals surface area contributed by atoms with Crippen molar-refractivity contribution in [2.24, 2.45) is 16.1 Å². The third-order valence-corrected chi connectivity index (χ3v) is 2.49. The summed E-state index contributed by atoms with van der Waals surface area (Å²) in [4.78, 5) is 4.29. The van der Waals surface area contributed by atoms with E-state index in [4.69, 9.17) is 15.2 Å². The molecule has 0 spiro atoms. The molecule has 0 aromatic carbocycles. The van der Waals surface area contributed by atoms with Gasteiger partial charge in [0.15, 0.2) is 5.96 Å². The van der Waals surface area contributed by atoms with Gasteiger partial charge in [0.1, 0.15) is 0 Å². The van der Waals surface area contributed by atoms with Gasteiger partial charge in [0.2, 0.25) is 0 Å². The van der Waals surface area contributed by atoms with Crippen molar-refractivity contribution in [2.45, 2.75) is 39.8 Å². The predicted molar refractivity (Wildman–Crippen MR) is 71.2 cm³/mol. The highest BCUT2D eigenvalue weighted by atomic mass is 16.5. The summed E-state index contributed by atoms with van der Waals surface area (Å²) in [7, 11) is 3.36. The number of nitrogens with zero attached hydrogens (tertiary/aromatic N) is 1. The maximum atomic E-state index is 5.78.